The SMILES string of the molecule is O=S(=O)(Oc1ccc(Oc2ccccn2)cc1)c1c(Cl)nc2ccccn12. The predicted octanol–water partition coefficient (Wildman–Crippen LogP) is 3.94. The lowest BCUT2D eigenvalue weighted by molar-refractivity contribution is 0.459. The molecule has 0 bridgehead atoms. The van der Waals surface area contributed by atoms with Gasteiger partial charge in [0, 0.05) is 18.5 Å². The zero-order valence-corrected chi connectivity index (χ0v) is 15.3. The number of nitrogens with zero attached hydrogens (tertiary/aromatic N) is 3. The Balaban J connectivity index is 1.58. The van der Waals surface area contributed by atoms with E-state index in [4.69, 9.17) is 20.5 Å². The summed E-state index contributed by atoms with van der Waals surface area (Å²) in [7, 11) is -4.18. The lowest BCUT2D eigenvalue weighted by Crippen LogP contribution is -2.12. The maximum absolute atomic E-state index is 12.7. The molecule has 4 aromatic rings. The normalized spacial score (nSPS) is 11.4. The molecule has 0 aliphatic rings. The molecule has 4 rings (SSSR count). The fourth-order valence-electron chi connectivity index (χ4n) is 2.43. The Kier molecular flexibility index (Phi) is 4.43. The van der Waals surface area contributed by atoms with Crippen LogP contribution in [0.25, 0.3) is 5.65 Å². The number of imidazole rings is 1. The van der Waals surface area contributed by atoms with Crippen molar-refractivity contribution < 1.29 is 17.3 Å². The molecule has 3 heterocycles. The highest BCUT2D eigenvalue weighted by molar-refractivity contribution is 7.87. The zero-order chi connectivity index (χ0) is 18.9. The van der Waals surface area contributed by atoms with Crippen molar-refractivity contribution in [3.63, 3.8) is 0 Å². The van der Waals surface area contributed by atoms with Crippen LogP contribution in [0.2, 0.25) is 5.15 Å². The third-order valence-corrected chi connectivity index (χ3v) is 5.22. The number of benzene rings is 1. The van der Waals surface area contributed by atoms with Crippen molar-refractivity contribution in [3.8, 4) is 17.4 Å². The molecule has 0 atom stereocenters. The first-order valence-corrected chi connectivity index (χ1v) is 9.57. The summed E-state index contributed by atoms with van der Waals surface area (Å²) < 4.78 is 37.4. The molecule has 0 N–H and O–H groups in total. The van der Waals surface area contributed by atoms with Gasteiger partial charge in [-0.05, 0) is 42.5 Å². The highest BCUT2D eigenvalue weighted by Crippen LogP contribution is 2.28. The summed E-state index contributed by atoms with van der Waals surface area (Å²) >= 11 is 6.02. The standard InChI is InChI=1S/C18H12ClN3O4S/c19-17-18(22-12-4-2-5-15(22)21-17)27(23,24)26-14-9-7-13(8-10-14)25-16-6-1-3-11-20-16/h1-12H. The van der Waals surface area contributed by atoms with Gasteiger partial charge in [-0.2, -0.15) is 8.42 Å². The highest BCUT2D eigenvalue weighted by atomic mass is 35.5. The van der Waals surface area contributed by atoms with Gasteiger partial charge < -0.3 is 8.92 Å². The van der Waals surface area contributed by atoms with Crippen LogP contribution in [-0.4, -0.2) is 22.8 Å². The Bertz CT molecular complexity index is 1190. The van der Waals surface area contributed by atoms with Crippen molar-refractivity contribution in [2.24, 2.45) is 0 Å². The molecule has 0 saturated heterocycles. The van der Waals surface area contributed by atoms with Gasteiger partial charge in [-0.25, -0.2) is 9.97 Å². The van der Waals surface area contributed by atoms with Gasteiger partial charge in [-0.3, -0.25) is 4.40 Å². The van der Waals surface area contributed by atoms with Crippen LogP contribution in [0, 0.1) is 0 Å². The van der Waals surface area contributed by atoms with Crippen LogP contribution in [-0.2, 0) is 10.1 Å². The van der Waals surface area contributed by atoms with Gasteiger partial charge in [0.2, 0.25) is 10.9 Å². The molecule has 0 fully saturated rings. The smallest absolute Gasteiger partial charge is 0.358 e. The second-order valence-corrected chi connectivity index (χ2v) is 7.24. The summed E-state index contributed by atoms with van der Waals surface area (Å²) in [6.07, 6.45) is 3.16. The van der Waals surface area contributed by atoms with Crippen LogP contribution in [0.5, 0.6) is 17.4 Å². The Morgan fingerprint density at radius 2 is 1.67 bits per heavy atom. The predicted molar refractivity (Wildman–Crippen MR) is 98.8 cm³/mol. The number of hydrogen-bond acceptors (Lipinski definition) is 6. The van der Waals surface area contributed by atoms with Crippen LogP contribution in [0.1, 0.15) is 0 Å². The van der Waals surface area contributed by atoms with Gasteiger partial charge in [0.05, 0.1) is 0 Å². The Labute approximate surface area is 159 Å². The summed E-state index contributed by atoms with van der Waals surface area (Å²) in [5, 5.41) is -0.384. The number of rotatable bonds is 5. The van der Waals surface area contributed by atoms with Gasteiger partial charge in [0.1, 0.15) is 17.1 Å². The highest BCUT2D eigenvalue weighted by Gasteiger charge is 2.26. The maximum Gasteiger partial charge on any atom is 0.358 e. The van der Waals surface area contributed by atoms with E-state index in [9.17, 15) is 8.42 Å². The van der Waals surface area contributed by atoms with Crippen LogP contribution >= 0.6 is 11.6 Å². The lowest BCUT2D eigenvalue weighted by Gasteiger charge is -2.08. The Morgan fingerprint density at radius 1 is 0.926 bits per heavy atom. The van der Waals surface area contributed by atoms with Crippen molar-refractivity contribution in [2.45, 2.75) is 5.03 Å². The van der Waals surface area contributed by atoms with E-state index in [2.05, 4.69) is 9.97 Å². The molecule has 3 aromatic heterocycles. The minimum absolute atomic E-state index is 0.116. The first-order valence-electron chi connectivity index (χ1n) is 7.79. The maximum atomic E-state index is 12.7. The Morgan fingerprint density at radius 3 is 2.41 bits per heavy atom. The van der Waals surface area contributed by atoms with Crippen molar-refractivity contribution in [2.75, 3.05) is 0 Å². The molecule has 0 unspecified atom stereocenters. The lowest BCUT2D eigenvalue weighted by atomic mass is 10.3. The number of halogens is 1. The molecule has 0 aliphatic heterocycles. The van der Waals surface area contributed by atoms with Crippen molar-refractivity contribution in [3.05, 3.63) is 78.2 Å². The van der Waals surface area contributed by atoms with Crippen LogP contribution in [0.4, 0.5) is 0 Å². The van der Waals surface area contributed by atoms with Gasteiger partial charge in [0.25, 0.3) is 0 Å². The quantitative estimate of drug-likeness (QED) is 0.471. The minimum Gasteiger partial charge on any atom is -0.439 e. The number of ether oxygens (including phenoxy) is 1. The summed E-state index contributed by atoms with van der Waals surface area (Å²) in [4.78, 5) is 8.08. The summed E-state index contributed by atoms with van der Waals surface area (Å²) in [6.45, 7) is 0. The number of fused-ring (bicyclic) bond motifs is 1. The van der Waals surface area contributed by atoms with Gasteiger partial charge in [-0.15, -0.1) is 0 Å². The summed E-state index contributed by atoms with van der Waals surface area (Å²) in [5.41, 5.74) is 0.406. The average molecular weight is 402 g/mol. The molecule has 0 spiro atoms. The summed E-state index contributed by atoms with van der Waals surface area (Å²) in [5.74, 6) is 1.04. The average Bonchev–Trinajstić information content (AvgIpc) is 3.00. The second kappa shape index (κ2) is 6.90. The van der Waals surface area contributed by atoms with Gasteiger partial charge >= 0.3 is 10.1 Å². The van der Waals surface area contributed by atoms with Crippen LogP contribution in [0.3, 0.4) is 0 Å². The molecular weight excluding hydrogens is 390 g/mol. The van der Waals surface area contributed by atoms with Crippen molar-refractivity contribution >= 4 is 27.4 Å². The Hall–Kier alpha value is -3.10. The molecule has 27 heavy (non-hydrogen) atoms. The van der Waals surface area contributed by atoms with Gasteiger partial charge in [0.15, 0.2) is 5.15 Å². The molecule has 9 heteroatoms. The van der Waals surface area contributed by atoms with E-state index in [1.54, 1.807) is 60.9 Å². The van der Waals surface area contributed by atoms with E-state index < -0.39 is 10.1 Å². The number of hydrogen-bond donors (Lipinski definition) is 0. The molecular formula is C18H12ClN3O4S. The van der Waals surface area contributed by atoms with Crippen LogP contribution in [0.15, 0.2) is 78.1 Å². The van der Waals surface area contributed by atoms with Crippen molar-refractivity contribution in [1.82, 2.24) is 14.4 Å². The van der Waals surface area contributed by atoms with E-state index in [0.717, 1.165) is 0 Å². The fourth-order valence-corrected chi connectivity index (χ4v) is 3.98. The van der Waals surface area contributed by atoms with Crippen LogP contribution < -0.4 is 8.92 Å². The topological polar surface area (TPSA) is 82.8 Å². The second-order valence-electron chi connectivity index (χ2n) is 5.42. The van der Waals surface area contributed by atoms with Crippen molar-refractivity contribution in [1.29, 1.82) is 0 Å². The first-order chi connectivity index (χ1) is 13.0. The first kappa shape index (κ1) is 17.3. The molecule has 0 radical (unpaired) electrons. The number of pyridine rings is 2. The molecule has 7 nitrogen and oxygen atoms in total. The third-order valence-electron chi connectivity index (χ3n) is 3.57. The summed E-state index contributed by atoms with van der Waals surface area (Å²) in [6, 6.07) is 16.5. The molecule has 0 amide bonds. The zero-order valence-electron chi connectivity index (χ0n) is 13.7. The fraction of sp³-hybridized carbons (Fsp3) is 0. The van der Waals surface area contributed by atoms with E-state index in [-0.39, 0.29) is 15.9 Å². The molecule has 1 aromatic carbocycles. The largest absolute Gasteiger partial charge is 0.439 e. The molecule has 0 aliphatic carbocycles. The van der Waals surface area contributed by atoms with E-state index >= 15 is 0 Å². The third kappa shape index (κ3) is 3.57. The van der Waals surface area contributed by atoms with E-state index in [0.29, 0.717) is 17.3 Å². The van der Waals surface area contributed by atoms with Gasteiger partial charge in [-0.1, -0.05) is 23.7 Å². The minimum atomic E-state index is -4.18. The molecule has 136 valence electrons. The number of aromatic nitrogens is 3. The monoisotopic (exact) mass is 401 g/mol. The van der Waals surface area contributed by atoms with E-state index in [1.165, 1.54) is 16.5 Å². The molecule has 0 saturated carbocycles. The van der Waals surface area contributed by atoms with E-state index in [1.807, 2.05) is 0 Å².